The molecule has 0 aliphatic heterocycles. The molecule has 0 rings (SSSR count). The van der Waals surface area contributed by atoms with Crippen molar-refractivity contribution in [2.45, 2.75) is 32.0 Å². The fourth-order valence-corrected chi connectivity index (χ4v) is 2.94. The van der Waals surface area contributed by atoms with Gasteiger partial charge in [0, 0.05) is 29.6 Å². The first-order valence-corrected chi connectivity index (χ1v) is 6.24. The number of carboxylic acids is 1. The van der Waals surface area contributed by atoms with Gasteiger partial charge in [-0.3, -0.25) is 4.79 Å². The normalized spacial score (nSPS) is 14.8. The van der Waals surface area contributed by atoms with Crippen molar-refractivity contribution in [2.24, 2.45) is 11.3 Å². The first kappa shape index (κ1) is 16.1. The minimum atomic E-state index is -1.74. The number of nitrogens with two attached hydrogens (primary N) is 1. The van der Waals surface area contributed by atoms with Crippen molar-refractivity contribution in [3.8, 4) is 0 Å². The van der Waals surface area contributed by atoms with Gasteiger partial charge in [-0.1, -0.05) is 13.8 Å². The van der Waals surface area contributed by atoms with Gasteiger partial charge in [0.1, 0.15) is 8.96 Å². The van der Waals surface area contributed by atoms with Crippen molar-refractivity contribution in [2.75, 3.05) is 0 Å². The molecule has 0 saturated heterocycles. The second-order valence-corrected chi connectivity index (χ2v) is 6.03. The van der Waals surface area contributed by atoms with Crippen LogP contribution >= 0.6 is 0 Å². The quantitative estimate of drug-likeness (QED) is 0.529. The summed E-state index contributed by atoms with van der Waals surface area (Å²) in [7, 11) is -1.74. The number of carboxylic acid groups (broad SMARTS) is 1. The van der Waals surface area contributed by atoms with Crippen LogP contribution in [-0.4, -0.2) is 60.4 Å². The molecule has 4 nitrogen and oxygen atoms in total. The van der Waals surface area contributed by atoms with Crippen LogP contribution in [0, 0.1) is 5.92 Å². The van der Waals surface area contributed by atoms with Crippen molar-refractivity contribution < 1.29 is 15.0 Å². The SMILES string of the molecule is CC(C)C[Si@H](N)[C@@H](O)CC(=O)O.[Na]. The Morgan fingerprint density at radius 2 is 2.00 bits per heavy atom. The van der Waals surface area contributed by atoms with Crippen molar-refractivity contribution in [3.63, 3.8) is 0 Å². The van der Waals surface area contributed by atoms with E-state index in [4.69, 9.17) is 10.5 Å². The number of aliphatic hydroxyl groups excluding tert-OH is 1. The van der Waals surface area contributed by atoms with Crippen LogP contribution in [0.2, 0.25) is 6.04 Å². The molecule has 1 radical (unpaired) electrons. The molecule has 0 unspecified atom stereocenters. The molecule has 0 spiro atoms. The van der Waals surface area contributed by atoms with E-state index in [9.17, 15) is 9.90 Å². The number of aliphatic hydroxyl groups is 1. The van der Waals surface area contributed by atoms with Gasteiger partial charge >= 0.3 is 5.97 Å². The largest absolute Gasteiger partial charge is 0.481 e. The van der Waals surface area contributed by atoms with Crippen molar-refractivity contribution >= 4 is 44.5 Å². The minimum Gasteiger partial charge on any atom is -0.481 e. The average molecular weight is 214 g/mol. The maximum absolute atomic E-state index is 10.2. The van der Waals surface area contributed by atoms with E-state index < -0.39 is 20.7 Å². The maximum atomic E-state index is 10.2. The van der Waals surface area contributed by atoms with Crippen LogP contribution in [0.25, 0.3) is 0 Å². The Labute approximate surface area is 102 Å². The first-order valence-electron chi connectivity index (χ1n) is 4.09. The number of rotatable bonds is 5. The molecule has 0 aliphatic carbocycles. The van der Waals surface area contributed by atoms with Crippen molar-refractivity contribution in [1.82, 2.24) is 0 Å². The predicted molar refractivity (Wildman–Crippen MR) is 55.0 cm³/mol. The van der Waals surface area contributed by atoms with E-state index in [1.807, 2.05) is 13.8 Å². The Kier molecular flexibility index (Phi) is 9.83. The van der Waals surface area contributed by atoms with E-state index in [2.05, 4.69) is 0 Å². The third kappa shape index (κ3) is 8.92. The Hall–Kier alpha value is 0.607. The van der Waals surface area contributed by atoms with Gasteiger partial charge < -0.3 is 15.6 Å². The van der Waals surface area contributed by atoms with E-state index in [-0.39, 0.29) is 36.0 Å². The van der Waals surface area contributed by atoms with Crippen LogP contribution in [0.4, 0.5) is 0 Å². The molecule has 4 N–H and O–H groups in total. The van der Waals surface area contributed by atoms with Gasteiger partial charge in [-0.25, -0.2) is 0 Å². The van der Waals surface area contributed by atoms with Crippen LogP contribution in [0.1, 0.15) is 20.3 Å². The van der Waals surface area contributed by atoms with E-state index in [0.717, 1.165) is 6.04 Å². The molecule has 0 aromatic rings. The van der Waals surface area contributed by atoms with Gasteiger partial charge in [0.15, 0.2) is 0 Å². The van der Waals surface area contributed by atoms with Crippen molar-refractivity contribution in [3.05, 3.63) is 0 Å². The summed E-state index contributed by atoms with van der Waals surface area (Å²) in [5.41, 5.74) is -0.787. The summed E-state index contributed by atoms with van der Waals surface area (Å²) >= 11 is 0. The average Bonchev–Trinajstić information content (AvgIpc) is 1.84. The monoisotopic (exact) mass is 214 g/mol. The van der Waals surface area contributed by atoms with E-state index in [1.165, 1.54) is 0 Å². The molecule has 0 fully saturated rings. The zero-order chi connectivity index (χ0) is 9.72. The van der Waals surface area contributed by atoms with Gasteiger partial charge in [0.25, 0.3) is 0 Å². The molecule has 0 aromatic heterocycles. The summed E-state index contributed by atoms with van der Waals surface area (Å²) in [5, 5.41) is 23.4. The Morgan fingerprint density at radius 1 is 1.54 bits per heavy atom. The molecule has 0 amide bonds. The molecule has 0 aliphatic rings. The molecule has 73 valence electrons. The van der Waals surface area contributed by atoms with E-state index in [0.29, 0.717) is 5.92 Å². The molecule has 6 heteroatoms. The molecule has 0 aromatic carbocycles. The van der Waals surface area contributed by atoms with Crippen LogP contribution in [0.5, 0.6) is 0 Å². The van der Waals surface area contributed by atoms with Gasteiger partial charge in [0.05, 0.1) is 12.1 Å². The fourth-order valence-electron chi connectivity index (χ4n) is 1.03. The minimum absolute atomic E-state index is 0. The Morgan fingerprint density at radius 3 is 2.31 bits per heavy atom. The fraction of sp³-hybridized carbons (Fsp3) is 0.857. The summed E-state index contributed by atoms with van der Waals surface area (Å²) in [4.78, 5) is 10.2. The number of aliphatic carboxylic acids is 1. The topological polar surface area (TPSA) is 83.5 Å². The predicted octanol–water partition coefficient (Wildman–Crippen LogP) is -0.681. The van der Waals surface area contributed by atoms with Crippen molar-refractivity contribution in [1.29, 1.82) is 0 Å². The van der Waals surface area contributed by atoms with Crippen LogP contribution < -0.4 is 5.40 Å². The molecule has 0 heterocycles. The van der Waals surface area contributed by atoms with Crippen LogP contribution in [0.3, 0.4) is 0 Å². The number of hydrogen-bond acceptors (Lipinski definition) is 3. The molecular formula is C7H17NNaO3Si. The molecule has 13 heavy (non-hydrogen) atoms. The zero-order valence-electron chi connectivity index (χ0n) is 8.53. The maximum Gasteiger partial charge on any atom is 0.305 e. The summed E-state index contributed by atoms with van der Waals surface area (Å²) in [5.74, 6) is -0.538. The molecular weight excluding hydrogens is 197 g/mol. The summed E-state index contributed by atoms with van der Waals surface area (Å²) in [6, 6.07) is 0.786. The summed E-state index contributed by atoms with van der Waals surface area (Å²) in [6.07, 6.45) is -0.208. The first-order chi connectivity index (χ1) is 5.43. The Balaban J connectivity index is 0. The van der Waals surface area contributed by atoms with Crippen LogP contribution in [-0.2, 0) is 4.79 Å². The summed E-state index contributed by atoms with van der Waals surface area (Å²) < 4.78 is 0. The zero-order valence-corrected chi connectivity index (χ0v) is 11.7. The van der Waals surface area contributed by atoms with Crippen LogP contribution in [0.15, 0.2) is 0 Å². The van der Waals surface area contributed by atoms with E-state index >= 15 is 0 Å². The van der Waals surface area contributed by atoms with Gasteiger partial charge in [-0.15, -0.1) is 0 Å². The standard InChI is InChI=1S/C7H17NO3Si.Na/c1-5(2)4-12(8)7(11)3-6(9)10;/h5,7,11-12H,3-4,8H2,1-2H3,(H,9,10);/t7-,12+;/m1./s1. The second-order valence-electron chi connectivity index (χ2n) is 3.46. The smallest absolute Gasteiger partial charge is 0.305 e. The number of hydrogen-bond donors (Lipinski definition) is 3. The molecule has 2 atom stereocenters. The van der Waals surface area contributed by atoms with Gasteiger partial charge in [-0.05, 0) is 12.0 Å². The third-order valence-electron chi connectivity index (χ3n) is 1.62. The van der Waals surface area contributed by atoms with Gasteiger partial charge in [-0.2, -0.15) is 0 Å². The molecule has 0 bridgehead atoms. The van der Waals surface area contributed by atoms with Gasteiger partial charge in [0.2, 0.25) is 0 Å². The summed E-state index contributed by atoms with van der Waals surface area (Å²) in [6.45, 7) is 4.03. The second kappa shape index (κ2) is 7.96. The molecule has 0 saturated carbocycles. The Bertz CT molecular complexity index is 157. The van der Waals surface area contributed by atoms with E-state index in [1.54, 1.807) is 0 Å². The number of carbonyl (C=O) groups is 1. The third-order valence-corrected chi connectivity index (χ3v) is 4.33.